The Hall–Kier alpha value is -1.09. The first-order valence-corrected chi connectivity index (χ1v) is 18.8. The van der Waals surface area contributed by atoms with Gasteiger partial charge in [-0.2, -0.15) is 0 Å². The zero-order valence-electron chi connectivity index (χ0n) is 28.6. The van der Waals surface area contributed by atoms with Gasteiger partial charge in [-0.1, -0.05) is 65.5 Å². The fourth-order valence-electron chi connectivity index (χ4n) is 9.74. The van der Waals surface area contributed by atoms with Gasteiger partial charge in [0, 0.05) is 11.0 Å². The number of hydrogen-bond acceptors (Lipinski definition) is 7. The minimum absolute atomic E-state index is 0.0635. The van der Waals surface area contributed by atoms with Crippen molar-refractivity contribution in [2.24, 2.45) is 46.3 Å². The molecule has 10 heteroatoms. The van der Waals surface area contributed by atoms with Gasteiger partial charge in [0.2, 0.25) is 0 Å². The van der Waals surface area contributed by atoms with Crippen LogP contribution in [0, 0.1) is 46.3 Å². The van der Waals surface area contributed by atoms with Gasteiger partial charge in [0.1, 0.15) is 19.4 Å². The van der Waals surface area contributed by atoms with Crippen molar-refractivity contribution >= 4 is 14.3 Å². The lowest BCUT2D eigenvalue weighted by Gasteiger charge is -2.58. The van der Waals surface area contributed by atoms with Gasteiger partial charge in [-0.3, -0.25) is 5.32 Å². The second-order valence-electron chi connectivity index (χ2n) is 15.1. The van der Waals surface area contributed by atoms with Crippen LogP contribution < -0.4 is 5.32 Å². The lowest BCUT2D eigenvalue weighted by molar-refractivity contribution is -0.0584. The fourth-order valence-corrected chi connectivity index (χ4v) is 9.97. The second-order valence-corrected chi connectivity index (χ2v) is 15.8. The number of fused-ring (bicyclic) bond motifs is 5. The van der Waals surface area contributed by atoms with E-state index >= 15 is 0 Å². The van der Waals surface area contributed by atoms with Crippen LogP contribution in [0.15, 0.2) is 11.6 Å². The average molecular weight is 655 g/mol. The van der Waals surface area contributed by atoms with Crippen LogP contribution in [0.2, 0.25) is 0 Å². The number of rotatable bonds is 18. The number of allylic oxidation sites excluding steroid dienone is 1. The van der Waals surface area contributed by atoms with Gasteiger partial charge in [-0.05, 0) is 91.3 Å². The third kappa shape index (κ3) is 9.73. The average Bonchev–Trinajstić information content (AvgIpc) is 3.35. The predicted octanol–water partition coefficient (Wildman–Crippen LogP) is 7.80. The summed E-state index contributed by atoms with van der Waals surface area (Å²) in [4.78, 5) is 21.0. The third-order valence-electron chi connectivity index (χ3n) is 12.0. The van der Waals surface area contributed by atoms with E-state index in [1.165, 1.54) is 56.9 Å². The molecule has 45 heavy (non-hydrogen) atoms. The Morgan fingerprint density at radius 1 is 0.956 bits per heavy atom. The molecule has 4 aliphatic rings. The monoisotopic (exact) mass is 654 g/mol. The molecule has 258 valence electrons. The molecule has 1 amide bonds. The minimum Gasteiger partial charge on any atom is -0.446 e. The summed E-state index contributed by atoms with van der Waals surface area (Å²) in [5.74, 6) is 4.95. The van der Waals surface area contributed by atoms with E-state index in [-0.39, 0.29) is 31.5 Å². The normalized spacial score (nSPS) is 33.5. The van der Waals surface area contributed by atoms with Gasteiger partial charge in [0.15, 0.2) is 0 Å². The molecule has 0 radical (unpaired) electrons. The Kier molecular flexibility index (Phi) is 14.2. The molecule has 4 rings (SSSR count). The van der Waals surface area contributed by atoms with Gasteiger partial charge < -0.3 is 18.9 Å². The molecule has 0 bridgehead atoms. The number of carbonyl (C=O) groups is 1. The Labute approximate surface area is 272 Å². The van der Waals surface area contributed by atoms with Crippen molar-refractivity contribution in [3.05, 3.63) is 11.6 Å². The molecule has 0 saturated heterocycles. The molecule has 2 N–H and O–H groups in total. The largest absolute Gasteiger partial charge is 0.694 e. The molecule has 4 aliphatic carbocycles. The zero-order chi connectivity index (χ0) is 32.5. The van der Waals surface area contributed by atoms with Crippen LogP contribution in [0.1, 0.15) is 105 Å². The van der Waals surface area contributed by atoms with E-state index in [4.69, 9.17) is 23.8 Å². The number of alkyl carbamates (subject to hydrolysis) is 1. The molecule has 0 aromatic rings. The SMILES string of the molecule is CC(C)CCC[C@@H](C)[C@H]1CCC2C3CC=C4C[C@@H](OC(=O)NCOCCOCCOCCO[P+](=O)O)CC[C@]4(C)C3CC[C@@]21C. The maximum Gasteiger partial charge on any atom is 0.694 e. The highest BCUT2D eigenvalue weighted by atomic mass is 31.1. The summed E-state index contributed by atoms with van der Waals surface area (Å²) in [5, 5.41) is 2.71. The number of nitrogens with one attached hydrogen (secondary N) is 1. The summed E-state index contributed by atoms with van der Waals surface area (Å²) in [6.07, 6.45) is 15.8. The number of hydrogen-bond donors (Lipinski definition) is 2. The Balaban J connectivity index is 1.15. The standard InChI is InChI=1S/C35H60NO8P/c1-25(2)7-6-8-26(3)30-11-12-31-29-10-9-27-23-28(13-15-34(27,4)32(29)14-16-35(30,31)5)44-33(37)36-24-42-20-19-40-17-18-41-21-22-43-45(38)39/h9,25-26,28-32H,6-8,10-24H2,1-5H3,(H-,36,37,38,39)/p+1/t26-,28+,29?,30-,31?,32?,34+,35-/m1/s1. The first kappa shape index (κ1) is 36.7. The number of ether oxygens (including phenoxy) is 4. The molecule has 0 aromatic heterocycles. The summed E-state index contributed by atoms with van der Waals surface area (Å²) in [5.41, 5.74) is 2.27. The quantitative estimate of drug-likeness (QED) is 0.0667. The summed E-state index contributed by atoms with van der Waals surface area (Å²) < 4.78 is 36.8. The molecular formula is C35H61NO8P+. The molecule has 0 aromatic carbocycles. The molecule has 9 nitrogen and oxygen atoms in total. The van der Waals surface area contributed by atoms with Crippen molar-refractivity contribution in [3.8, 4) is 0 Å². The maximum absolute atomic E-state index is 12.5. The van der Waals surface area contributed by atoms with E-state index in [1.54, 1.807) is 0 Å². The number of amides is 1. The zero-order valence-corrected chi connectivity index (χ0v) is 29.5. The van der Waals surface area contributed by atoms with Crippen molar-refractivity contribution in [1.29, 1.82) is 0 Å². The van der Waals surface area contributed by atoms with Crippen molar-refractivity contribution in [1.82, 2.24) is 5.32 Å². The van der Waals surface area contributed by atoms with Crippen molar-refractivity contribution in [2.75, 3.05) is 46.4 Å². The molecule has 3 saturated carbocycles. The van der Waals surface area contributed by atoms with E-state index in [1.807, 2.05) is 0 Å². The van der Waals surface area contributed by atoms with Gasteiger partial charge in [0.05, 0.1) is 33.0 Å². The molecule has 3 fully saturated rings. The highest BCUT2D eigenvalue weighted by molar-refractivity contribution is 7.32. The summed E-state index contributed by atoms with van der Waals surface area (Å²) in [6.45, 7) is 14.2. The fraction of sp³-hybridized carbons (Fsp3) is 0.914. The van der Waals surface area contributed by atoms with Crippen LogP contribution in [0.4, 0.5) is 4.79 Å². The number of carbonyl (C=O) groups excluding carboxylic acids is 1. The first-order valence-electron chi connectivity index (χ1n) is 17.7. The highest BCUT2D eigenvalue weighted by Gasteiger charge is 2.59. The second kappa shape index (κ2) is 17.3. The van der Waals surface area contributed by atoms with Crippen LogP contribution in [-0.4, -0.2) is 63.5 Å². The Morgan fingerprint density at radius 2 is 1.67 bits per heavy atom. The van der Waals surface area contributed by atoms with E-state index in [0.717, 1.165) is 54.8 Å². The molecule has 0 heterocycles. The molecule has 0 aliphatic heterocycles. The van der Waals surface area contributed by atoms with Crippen LogP contribution in [0.3, 0.4) is 0 Å². The van der Waals surface area contributed by atoms with Crippen LogP contribution in [0.5, 0.6) is 0 Å². The van der Waals surface area contributed by atoms with Gasteiger partial charge in [0.25, 0.3) is 0 Å². The van der Waals surface area contributed by atoms with Gasteiger partial charge in [-0.15, -0.1) is 9.42 Å². The summed E-state index contributed by atoms with van der Waals surface area (Å²) >= 11 is 0. The third-order valence-corrected chi connectivity index (χ3v) is 12.4. The predicted molar refractivity (Wildman–Crippen MR) is 175 cm³/mol. The molecule has 9 atom stereocenters. The molecular weight excluding hydrogens is 593 g/mol. The van der Waals surface area contributed by atoms with E-state index in [2.05, 4.69) is 50.5 Å². The molecule has 0 spiro atoms. The minimum atomic E-state index is -2.58. The summed E-state index contributed by atoms with van der Waals surface area (Å²) in [6, 6.07) is 0. The van der Waals surface area contributed by atoms with Crippen molar-refractivity contribution in [3.63, 3.8) is 0 Å². The Bertz CT molecular complexity index is 993. The summed E-state index contributed by atoms with van der Waals surface area (Å²) in [7, 11) is -2.58. The lowest BCUT2D eigenvalue weighted by Crippen LogP contribution is -2.51. The smallest absolute Gasteiger partial charge is 0.446 e. The van der Waals surface area contributed by atoms with Crippen molar-refractivity contribution < 1.29 is 37.7 Å². The Morgan fingerprint density at radius 3 is 2.38 bits per heavy atom. The van der Waals surface area contributed by atoms with E-state index in [0.29, 0.717) is 31.8 Å². The highest BCUT2D eigenvalue weighted by Crippen LogP contribution is 2.67. The molecule has 4 unspecified atom stereocenters. The van der Waals surface area contributed by atoms with Crippen molar-refractivity contribution in [2.45, 2.75) is 111 Å². The van der Waals surface area contributed by atoms with Crippen LogP contribution >= 0.6 is 8.25 Å². The first-order chi connectivity index (χ1) is 21.5. The van der Waals surface area contributed by atoms with E-state index < -0.39 is 14.3 Å². The van der Waals surface area contributed by atoms with Gasteiger partial charge in [-0.25, -0.2) is 4.79 Å². The lowest BCUT2D eigenvalue weighted by atomic mass is 9.47. The topological polar surface area (TPSA) is 113 Å². The van der Waals surface area contributed by atoms with E-state index in [9.17, 15) is 9.36 Å². The van der Waals surface area contributed by atoms with Crippen LogP contribution in [-0.2, 0) is 28.0 Å². The van der Waals surface area contributed by atoms with Crippen LogP contribution in [0.25, 0.3) is 0 Å². The maximum atomic E-state index is 12.5. The van der Waals surface area contributed by atoms with Gasteiger partial charge >= 0.3 is 14.3 Å².